The fourth-order valence-electron chi connectivity index (χ4n) is 1.64. The van der Waals surface area contributed by atoms with Gasteiger partial charge in [-0.05, 0) is 32.4 Å². The Balaban J connectivity index is 2.44. The number of hydrogen-bond acceptors (Lipinski definition) is 6. The lowest BCUT2D eigenvalue weighted by Crippen LogP contribution is -2.03. The average Bonchev–Trinajstić information content (AvgIpc) is 2.37. The lowest BCUT2D eigenvalue weighted by molar-refractivity contribution is -0.384. The van der Waals surface area contributed by atoms with E-state index in [9.17, 15) is 10.1 Å². The molecule has 1 heterocycles. The summed E-state index contributed by atoms with van der Waals surface area (Å²) in [6.45, 7) is 5.23. The van der Waals surface area contributed by atoms with Gasteiger partial charge < -0.3 is 10.5 Å². The van der Waals surface area contributed by atoms with Gasteiger partial charge in [0.25, 0.3) is 5.69 Å². The smallest absolute Gasteiger partial charge is 0.273 e. The molecule has 0 amide bonds. The van der Waals surface area contributed by atoms with E-state index < -0.39 is 4.92 Å². The van der Waals surface area contributed by atoms with Gasteiger partial charge in [-0.2, -0.15) is 4.98 Å². The van der Waals surface area contributed by atoms with Crippen LogP contribution in [0.1, 0.15) is 17.0 Å². The molecule has 0 aliphatic carbocycles. The number of aromatic nitrogens is 2. The van der Waals surface area contributed by atoms with Crippen LogP contribution < -0.4 is 10.5 Å². The number of nitro groups is 1. The number of anilines is 1. The van der Waals surface area contributed by atoms with Crippen molar-refractivity contribution < 1.29 is 9.66 Å². The molecule has 0 saturated carbocycles. The third-order valence-electron chi connectivity index (χ3n) is 2.84. The SMILES string of the molecule is Cc1nc(N)c(C)c(Oc2cc([N+](=O)[O-])ccc2C)n1. The Morgan fingerprint density at radius 2 is 1.95 bits per heavy atom. The van der Waals surface area contributed by atoms with Crippen LogP contribution in [-0.4, -0.2) is 14.9 Å². The number of aryl methyl sites for hydroxylation is 2. The first-order chi connectivity index (χ1) is 9.38. The van der Waals surface area contributed by atoms with Crippen LogP contribution in [0.15, 0.2) is 18.2 Å². The van der Waals surface area contributed by atoms with E-state index >= 15 is 0 Å². The summed E-state index contributed by atoms with van der Waals surface area (Å²) < 4.78 is 5.66. The number of nitrogen functional groups attached to an aromatic ring is 1. The van der Waals surface area contributed by atoms with Gasteiger partial charge in [-0.1, -0.05) is 0 Å². The van der Waals surface area contributed by atoms with Crippen molar-refractivity contribution in [2.45, 2.75) is 20.8 Å². The van der Waals surface area contributed by atoms with Crippen molar-refractivity contribution >= 4 is 11.5 Å². The van der Waals surface area contributed by atoms with Crippen molar-refractivity contribution in [3.8, 4) is 11.6 Å². The van der Waals surface area contributed by atoms with E-state index in [-0.39, 0.29) is 5.69 Å². The Hall–Kier alpha value is -2.70. The number of rotatable bonds is 3. The lowest BCUT2D eigenvalue weighted by atomic mass is 10.2. The molecule has 0 fully saturated rings. The molecule has 7 nitrogen and oxygen atoms in total. The topological polar surface area (TPSA) is 104 Å². The van der Waals surface area contributed by atoms with Crippen LogP contribution in [0.3, 0.4) is 0 Å². The first kappa shape index (κ1) is 13.7. The highest BCUT2D eigenvalue weighted by atomic mass is 16.6. The molecule has 2 aromatic rings. The molecule has 0 radical (unpaired) electrons. The van der Waals surface area contributed by atoms with Gasteiger partial charge in [0.2, 0.25) is 5.88 Å². The minimum atomic E-state index is -0.473. The van der Waals surface area contributed by atoms with Crippen LogP contribution in [0.2, 0.25) is 0 Å². The normalized spacial score (nSPS) is 10.3. The Bertz CT molecular complexity index is 686. The van der Waals surface area contributed by atoms with Gasteiger partial charge >= 0.3 is 0 Å². The standard InChI is InChI=1S/C13H14N4O3/c1-7-4-5-10(17(18)19)6-11(7)20-13-8(2)12(14)15-9(3)16-13/h4-6H,1-3H3,(H2,14,15,16). The molecular formula is C13H14N4O3. The third kappa shape index (κ3) is 2.66. The molecule has 0 unspecified atom stereocenters. The number of nitrogens with zero attached hydrogens (tertiary/aromatic N) is 3. The predicted octanol–water partition coefficient (Wildman–Crippen LogP) is 2.68. The summed E-state index contributed by atoms with van der Waals surface area (Å²) in [5.74, 6) is 1.49. The summed E-state index contributed by atoms with van der Waals surface area (Å²) in [6.07, 6.45) is 0. The summed E-state index contributed by atoms with van der Waals surface area (Å²) in [5, 5.41) is 10.8. The zero-order chi connectivity index (χ0) is 14.9. The number of nitrogens with two attached hydrogens (primary N) is 1. The summed E-state index contributed by atoms with van der Waals surface area (Å²) >= 11 is 0. The zero-order valence-electron chi connectivity index (χ0n) is 11.4. The molecule has 0 atom stereocenters. The van der Waals surface area contributed by atoms with E-state index in [1.165, 1.54) is 12.1 Å². The van der Waals surface area contributed by atoms with E-state index in [1.54, 1.807) is 26.8 Å². The largest absolute Gasteiger partial charge is 0.438 e. The Morgan fingerprint density at radius 3 is 2.60 bits per heavy atom. The maximum absolute atomic E-state index is 10.8. The molecule has 20 heavy (non-hydrogen) atoms. The van der Waals surface area contributed by atoms with Crippen LogP contribution in [0.25, 0.3) is 0 Å². The third-order valence-corrected chi connectivity index (χ3v) is 2.84. The Morgan fingerprint density at radius 1 is 1.25 bits per heavy atom. The second-order valence-corrected chi connectivity index (χ2v) is 4.40. The number of benzene rings is 1. The monoisotopic (exact) mass is 274 g/mol. The van der Waals surface area contributed by atoms with Crippen LogP contribution in [0, 0.1) is 30.9 Å². The molecule has 0 saturated heterocycles. The fraction of sp³-hybridized carbons (Fsp3) is 0.231. The average molecular weight is 274 g/mol. The van der Waals surface area contributed by atoms with Crippen molar-refractivity contribution in [2.24, 2.45) is 0 Å². The van der Waals surface area contributed by atoms with Crippen LogP contribution in [0.5, 0.6) is 11.6 Å². The molecule has 1 aromatic heterocycles. The summed E-state index contributed by atoms with van der Waals surface area (Å²) in [5.41, 5.74) is 7.08. The Labute approximate surface area is 115 Å². The second-order valence-electron chi connectivity index (χ2n) is 4.40. The van der Waals surface area contributed by atoms with Crippen molar-refractivity contribution in [1.29, 1.82) is 0 Å². The number of non-ortho nitro benzene ring substituents is 1. The maximum atomic E-state index is 10.8. The molecule has 1 aromatic carbocycles. The van der Waals surface area contributed by atoms with E-state index in [2.05, 4.69) is 9.97 Å². The second kappa shape index (κ2) is 5.12. The zero-order valence-corrected chi connectivity index (χ0v) is 11.4. The fourth-order valence-corrected chi connectivity index (χ4v) is 1.64. The molecule has 2 N–H and O–H groups in total. The van der Waals surface area contributed by atoms with Crippen molar-refractivity contribution in [1.82, 2.24) is 9.97 Å². The van der Waals surface area contributed by atoms with Gasteiger partial charge in [-0.25, -0.2) is 4.98 Å². The molecule has 0 spiro atoms. The molecule has 0 aliphatic rings. The maximum Gasteiger partial charge on any atom is 0.273 e. The minimum Gasteiger partial charge on any atom is -0.438 e. The molecule has 104 valence electrons. The number of ether oxygens (including phenoxy) is 1. The number of nitro benzene ring substituents is 1. The predicted molar refractivity (Wildman–Crippen MR) is 73.8 cm³/mol. The van der Waals surface area contributed by atoms with Gasteiger partial charge in [-0.15, -0.1) is 0 Å². The molecule has 7 heteroatoms. The summed E-state index contributed by atoms with van der Waals surface area (Å²) in [7, 11) is 0. The van der Waals surface area contributed by atoms with Gasteiger partial charge in [0, 0.05) is 6.07 Å². The first-order valence-corrected chi connectivity index (χ1v) is 5.92. The molecular weight excluding hydrogens is 260 g/mol. The highest BCUT2D eigenvalue weighted by Crippen LogP contribution is 2.30. The van der Waals surface area contributed by atoms with Crippen molar-refractivity contribution in [3.05, 3.63) is 45.3 Å². The van der Waals surface area contributed by atoms with E-state index in [4.69, 9.17) is 10.5 Å². The Kier molecular flexibility index (Phi) is 3.51. The molecule has 2 rings (SSSR count). The van der Waals surface area contributed by atoms with Gasteiger partial charge in [0.05, 0.1) is 16.6 Å². The van der Waals surface area contributed by atoms with Crippen molar-refractivity contribution in [2.75, 3.05) is 5.73 Å². The highest BCUT2D eigenvalue weighted by Gasteiger charge is 2.14. The van der Waals surface area contributed by atoms with E-state index in [0.29, 0.717) is 28.8 Å². The minimum absolute atomic E-state index is 0.0398. The van der Waals surface area contributed by atoms with E-state index in [0.717, 1.165) is 5.56 Å². The molecule has 0 aliphatic heterocycles. The summed E-state index contributed by atoms with van der Waals surface area (Å²) in [6, 6.07) is 4.41. The summed E-state index contributed by atoms with van der Waals surface area (Å²) in [4.78, 5) is 18.5. The van der Waals surface area contributed by atoms with Gasteiger partial charge in [0.15, 0.2) is 0 Å². The quantitative estimate of drug-likeness (QED) is 0.681. The van der Waals surface area contributed by atoms with Crippen molar-refractivity contribution in [3.63, 3.8) is 0 Å². The van der Waals surface area contributed by atoms with Gasteiger partial charge in [0.1, 0.15) is 17.4 Å². The molecule has 0 bridgehead atoms. The lowest BCUT2D eigenvalue weighted by Gasteiger charge is -2.11. The van der Waals surface area contributed by atoms with Crippen LogP contribution in [0.4, 0.5) is 11.5 Å². The van der Waals surface area contributed by atoms with Gasteiger partial charge in [-0.3, -0.25) is 10.1 Å². The number of hydrogen-bond donors (Lipinski definition) is 1. The highest BCUT2D eigenvalue weighted by molar-refractivity contribution is 5.49. The van der Waals surface area contributed by atoms with Crippen LogP contribution in [-0.2, 0) is 0 Å². The van der Waals surface area contributed by atoms with Crippen LogP contribution >= 0.6 is 0 Å². The first-order valence-electron chi connectivity index (χ1n) is 5.92. The van der Waals surface area contributed by atoms with E-state index in [1.807, 2.05) is 0 Å².